The van der Waals surface area contributed by atoms with E-state index >= 15 is 0 Å². The van der Waals surface area contributed by atoms with Crippen molar-refractivity contribution in [2.45, 2.75) is 62.9 Å². The van der Waals surface area contributed by atoms with E-state index in [0.29, 0.717) is 0 Å². The fourth-order valence-electron chi connectivity index (χ4n) is 3.18. The van der Waals surface area contributed by atoms with Crippen molar-refractivity contribution in [3.8, 4) is 0 Å². The molecule has 2 aliphatic heterocycles. The van der Waals surface area contributed by atoms with E-state index in [2.05, 4.69) is 5.32 Å². The Hall–Kier alpha value is -1.84. The van der Waals surface area contributed by atoms with Gasteiger partial charge in [-0.1, -0.05) is 20.8 Å². The van der Waals surface area contributed by atoms with E-state index in [1.54, 1.807) is 34.6 Å². The Morgan fingerprint density at radius 1 is 1.42 bits per heavy atom. The molecule has 4 atom stereocenters. The highest BCUT2D eigenvalue weighted by atomic mass is 32.2. The van der Waals surface area contributed by atoms with E-state index < -0.39 is 56.4 Å². The molecule has 134 valence electrons. The zero-order chi connectivity index (χ0) is 18.6. The largest absolute Gasteiger partial charge is 0.480 e. The van der Waals surface area contributed by atoms with E-state index in [0.717, 1.165) is 0 Å². The van der Waals surface area contributed by atoms with Crippen molar-refractivity contribution >= 4 is 29.5 Å². The maximum atomic E-state index is 12.3. The highest BCUT2D eigenvalue weighted by molar-refractivity contribution is 8.01. The van der Waals surface area contributed by atoms with Gasteiger partial charge in [0.15, 0.2) is 0 Å². The van der Waals surface area contributed by atoms with Gasteiger partial charge in [-0.25, -0.2) is 4.79 Å². The van der Waals surface area contributed by atoms with Crippen LogP contribution in [0.15, 0.2) is 0 Å². The predicted molar refractivity (Wildman–Crippen MR) is 85.9 cm³/mol. The van der Waals surface area contributed by atoms with Crippen LogP contribution in [0.4, 0.5) is 0 Å². The minimum Gasteiger partial charge on any atom is -0.480 e. The molecule has 0 saturated carbocycles. The van der Waals surface area contributed by atoms with Gasteiger partial charge in [0.2, 0.25) is 5.91 Å². The summed E-state index contributed by atoms with van der Waals surface area (Å²) in [5.41, 5.74) is -0.911. The van der Waals surface area contributed by atoms with Gasteiger partial charge in [0, 0.05) is 15.1 Å². The average Bonchev–Trinajstić information content (AvgIpc) is 2.62. The molecule has 24 heavy (non-hydrogen) atoms. The summed E-state index contributed by atoms with van der Waals surface area (Å²) in [6, 6.07) is -3.41. The van der Waals surface area contributed by atoms with Crippen LogP contribution in [-0.4, -0.2) is 61.0 Å². The molecule has 0 aromatic heterocycles. The maximum Gasteiger partial charge on any atom is 0.327 e. The molecule has 0 aromatic rings. The fraction of sp³-hybridized carbons (Fsp3) is 0.786. The summed E-state index contributed by atoms with van der Waals surface area (Å²) in [6.07, 6.45) is 0. The molecule has 10 heteroatoms. The number of β-lactam (4-membered cyclic amide) rings is 1. The number of hydrogen-bond donors (Lipinski definition) is 2. The molecule has 2 N–H and O–H groups in total. The van der Waals surface area contributed by atoms with E-state index in [-0.39, 0.29) is 0 Å². The molecular weight excluding hydrogens is 338 g/mol. The van der Waals surface area contributed by atoms with Crippen LogP contribution in [0.3, 0.4) is 0 Å². The van der Waals surface area contributed by atoms with Crippen LogP contribution in [0.25, 0.3) is 0 Å². The van der Waals surface area contributed by atoms with Gasteiger partial charge in [0.1, 0.15) is 17.5 Å². The van der Waals surface area contributed by atoms with Gasteiger partial charge >= 0.3 is 5.97 Å². The molecule has 1 unspecified atom stereocenters. The Morgan fingerprint density at radius 2 is 1.96 bits per heavy atom. The van der Waals surface area contributed by atoms with Gasteiger partial charge < -0.3 is 15.3 Å². The van der Waals surface area contributed by atoms with Gasteiger partial charge in [0.25, 0.3) is 11.9 Å². The number of carboxylic acid groups (broad SMARTS) is 1. The number of carbonyl (C=O) groups is 3. The summed E-state index contributed by atoms with van der Waals surface area (Å²) in [4.78, 5) is 47.8. The Morgan fingerprint density at radius 3 is 2.38 bits per heavy atom. The lowest BCUT2D eigenvalue weighted by Gasteiger charge is -2.43. The zero-order valence-corrected chi connectivity index (χ0v) is 14.9. The standard InChI is InChI=1S/C14H21N3O6S/c1-13(2,3)7(17(22)23)9(18)15-6-10(19)16-8(12(20)21)14(4,5)24-11(6)16/h6-8,11H,1-5H3,(H,15,18)(H,20,21)/t6-,7?,8+,11-/m1/s1. The number of nitro groups is 1. The zero-order valence-electron chi connectivity index (χ0n) is 14.1. The molecule has 2 aliphatic rings. The lowest BCUT2D eigenvalue weighted by atomic mass is 9.86. The molecule has 2 fully saturated rings. The van der Waals surface area contributed by atoms with E-state index in [1.807, 2.05) is 0 Å². The average molecular weight is 359 g/mol. The highest BCUT2D eigenvalue weighted by Gasteiger charge is 2.64. The van der Waals surface area contributed by atoms with Crippen LogP contribution >= 0.6 is 11.8 Å². The number of nitrogens with one attached hydrogen (secondary N) is 1. The van der Waals surface area contributed by atoms with Gasteiger partial charge in [-0.15, -0.1) is 11.8 Å². The van der Waals surface area contributed by atoms with E-state index in [4.69, 9.17) is 0 Å². The first-order valence-electron chi connectivity index (χ1n) is 7.45. The highest BCUT2D eigenvalue weighted by Crippen LogP contribution is 2.50. The van der Waals surface area contributed by atoms with Crippen LogP contribution < -0.4 is 5.32 Å². The van der Waals surface area contributed by atoms with Gasteiger partial charge in [-0.2, -0.15) is 0 Å². The molecule has 9 nitrogen and oxygen atoms in total. The summed E-state index contributed by atoms with van der Waals surface area (Å²) in [6.45, 7) is 8.15. The molecule has 2 saturated heterocycles. The topological polar surface area (TPSA) is 130 Å². The second-order valence-corrected chi connectivity index (χ2v) is 9.41. The number of carboxylic acids is 1. The molecule has 0 aliphatic carbocycles. The van der Waals surface area contributed by atoms with Crippen molar-refractivity contribution in [2.75, 3.05) is 0 Å². The number of nitrogens with zero attached hydrogens (tertiary/aromatic N) is 2. The Bertz CT molecular complexity index is 614. The van der Waals surface area contributed by atoms with Gasteiger partial charge in [-0.05, 0) is 13.8 Å². The summed E-state index contributed by atoms with van der Waals surface area (Å²) < 4.78 is -0.710. The van der Waals surface area contributed by atoms with Crippen molar-refractivity contribution in [3.63, 3.8) is 0 Å². The van der Waals surface area contributed by atoms with E-state index in [1.165, 1.54) is 16.7 Å². The number of amides is 2. The Balaban J connectivity index is 2.17. The normalized spacial score (nSPS) is 29.5. The van der Waals surface area contributed by atoms with Crippen molar-refractivity contribution in [2.24, 2.45) is 5.41 Å². The monoisotopic (exact) mass is 359 g/mol. The molecule has 0 aromatic carbocycles. The minimum absolute atomic E-state index is 0.519. The van der Waals surface area contributed by atoms with Crippen molar-refractivity contribution in [1.29, 1.82) is 0 Å². The van der Waals surface area contributed by atoms with Crippen LogP contribution in [0.1, 0.15) is 34.6 Å². The first-order chi connectivity index (χ1) is 10.8. The quantitative estimate of drug-likeness (QED) is 0.420. The lowest BCUT2D eigenvalue weighted by molar-refractivity contribution is -0.524. The SMILES string of the molecule is CC(C)(C)C(C(=O)N[C@@H]1C(=O)N2[C@@H]1SC(C)(C)[C@@H]2C(=O)O)[N+](=O)[O-]. The number of hydrogen-bond acceptors (Lipinski definition) is 6. The number of thioether (sulfide) groups is 1. The van der Waals surface area contributed by atoms with Crippen LogP contribution in [0.5, 0.6) is 0 Å². The van der Waals surface area contributed by atoms with Gasteiger partial charge in [-0.3, -0.25) is 19.7 Å². The summed E-state index contributed by atoms with van der Waals surface area (Å²) in [5, 5.41) is 22.5. The van der Waals surface area contributed by atoms with Crippen molar-refractivity contribution < 1.29 is 24.4 Å². The predicted octanol–water partition coefficient (Wildman–Crippen LogP) is 0.310. The number of fused-ring (bicyclic) bond motifs is 1. The maximum absolute atomic E-state index is 12.3. The van der Waals surface area contributed by atoms with Gasteiger partial charge in [0.05, 0.1) is 0 Å². The molecule has 0 radical (unpaired) electrons. The Labute approximate surface area is 143 Å². The molecule has 2 heterocycles. The lowest BCUT2D eigenvalue weighted by Crippen LogP contribution is -2.71. The molecule has 0 spiro atoms. The second-order valence-electron chi connectivity index (χ2n) is 7.64. The summed E-state index contributed by atoms with van der Waals surface area (Å²) >= 11 is 1.28. The Kier molecular flexibility index (Phi) is 4.32. The minimum atomic E-state index is -1.49. The third kappa shape index (κ3) is 2.83. The second kappa shape index (κ2) is 5.61. The number of aliphatic carboxylic acids is 1. The first kappa shape index (κ1) is 18.5. The summed E-state index contributed by atoms with van der Waals surface area (Å²) in [7, 11) is 0. The van der Waals surface area contributed by atoms with Crippen molar-refractivity contribution in [3.05, 3.63) is 10.1 Å². The van der Waals surface area contributed by atoms with Crippen molar-refractivity contribution in [1.82, 2.24) is 10.2 Å². The third-order valence-corrected chi connectivity index (χ3v) is 5.82. The van der Waals surface area contributed by atoms with Crippen LogP contribution in [0, 0.1) is 15.5 Å². The smallest absolute Gasteiger partial charge is 0.327 e. The fourth-order valence-corrected chi connectivity index (χ4v) is 4.81. The summed E-state index contributed by atoms with van der Waals surface area (Å²) in [5.74, 6) is -2.46. The number of carbonyl (C=O) groups excluding carboxylic acids is 2. The number of rotatable bonds is 4. The molecular formula is C14H21N3O6S. The molecule has 0 bridgehead atoms. The molecule has 2 amide bonds. The van der Waals surface area contributed by atoms with E-state index in [9.17, 15) is 29.6 Å². The first-order valence-corrected chi connectivity index (χ1v) is 8.33. The van der Waals surface area contributed by atoms with Crippen LogP contribution in [0.2, 0.25) is 0 Å². The molecule has 2 rings (SSSR count). The third-order valence-electron chi connectivity index (χ3n) is 4.25. The van der Waals surface area contributed by atoms with Crippen LogP contribution in [-0.2, 0) is 14.4 Å².